The van der Waals surface area contributed by atoms with Crippen LogP contribution in [-0.4, -0.2) is 54.2 Å². The van der Waals surface area contributed by atoms with E-state index in [0.717, 1.165) is 23.2 Å². The third-order valence-corrected chi connectivity index (χ3v) is 7.54. The second-order valence-corrected chi connectivity index (χ2v) is 10.8. The van der Waals surface area contributed by atoms with Crippen LogP contribution in [0.3, 0.4) is 0 Å². The molecule has 3 N–H and O–H groups in total. The zero-order chi connectivity index (χ0) is 30.0. The van der Waals surface area contributed by atoms with Crippen molar-refractivity contribution in [3.05, 3.63) is 96.1 Å². The number of nitrogens with zero attached hydrogens (tertiary/aromatic N) is 6. The van der Waals surface area contributed by atoms with Crippen molar-refractivity contribution in [1.82, 2.24) is 30.0 Å². The van der Waals surface area contributed by atoms with E-state index in [0.29, 0.717) is 40.8 Å². The van der Waals surface area contributed by atoms with Crippen LogP contribution in [-0.2, 0) is 5.54 Å². The minimum atomic E-state index is -0.529. The number of aliphatic hydroxyl groups is 1. The Hall–Kier alpha value is -5.16. The first-order valence-electron chi connectivity index (χ1n) is 14.2. The molecule has 11 heteroatoms. The molecule has 0 unspecified atom stereocenters. The van der Waals surface area contributed by atoms with Crippen molar-refractivity contribution in [2.75, 3.05) is 23.8 Å². The van der Waals surface area contributed by atoms with E-state index in [1.807, 2.05) is 61.2 Å². The summed E-state index contributed by atoms with van der Waals surface area (Å²) < 4.78 is 5.64. The number of rotatable bonds is 10. The number of nitrogens with one attached hydrogen (secondary N) is 2. The van der Waals surface area contributed by atoms with Crippen LogP contribution >= 0.6 is 0 Å². The highest BCUT2D eigenvalue weighted by atomic mass is 16.5. The number of aromatic nitrogens is 5. The molecule has 1 aliphatic rings. The summed E-state index contributed by atoms with van der Waals surface area (Å²) >= 11 is 0. The van der Waals surface area contributed by atoms with Crippen molar-refractivity contribution in [3.63, 3.8) is 0 Å². The average Bonchev–Trinajstić information content (AvgIpc) is 3.59. The van der Waals surface area contributed by atoms with Crippen LogP contribution in [0, 0.1) is 0 Å². The highest BCUT2D eigenvalue weighted by Crippen LogP contribution is 2.39. The van der Waals surface area contributed by atoms with Gasteiger partial charge in [-0.15, -0.1) is 0 Å². The van der Waals surface area contributed by atoms with Gasteiger partial charge in [0.05, 0.1) is 40.7 Å². The van der Waals surface area contributed by atoms with Gasteiger partial charge in [0.15, 0.2) is 0 Å². The first-order chi connectivity index (χ1) is 20.9. The fraction of sp³-hybridized carbons (Fsp3) is 0.250. The van der Waals surface area contributed by atoms with Gasteiger partial charge in [0.1, 0.15) is 11.6 Å². The number of fused-ring (bicyclic) bond motifs is 1. The molecule has 0 bridgehead atoms. The summed E-state index contributed by atoms with van der Waals surface area (Å²) in [7, 11) is 0. The molecular formula is C32H32N8O3. The van der Waals surface area contributed by atoms with E-state index >= 15 is 0 Å². The maximum absolute atomic E-state index is 13.0. The van der Waals surface area contributed by atoms with Gasteiger partial charge in [0.2, 0.25) is 5.82 Å². The molecule has 1 atom stereocenters. The number of hydrogen-bond acceptors (Lipinski definition) is 10. The summed E-state index contributed by atoms with van der Waals surface area (Å²) in [6.07, 6.45) is 5.83. The maximum Gasteiger partial charge on any atom is 0.261 e. The smallest absolute Gasteiger partial charge is 0.261 e. The van der Waals surface area contributed by atoms with E-state index < -0.39 is 11.6 Å². The molecule has 43 heavy (non-hydrogen) atoms. The number of anilines is 3. The molecule has 1 aromatic carbocycles. The Morgan fingerprint density at radius 3 is 2.53 bits per heavy atom. The van der Waals surface area contributed by atoms with Crippen LogP contribution in [0.25, 0.3) is 22.8 Å². The molecule has 1 aliphatic heterocycles. The van der Waals surface area contributed by atoms with E-state index in [2.05, 4.69) is 37.7 Å². The summed E-state index contributed by atoms with van der Waals surface area (Å²) in [6, 6.07) is 18.3. The fourth-order valence-electron chi connectivity index (χ4n) is 5.30. The van der Waals surface area contributed by atoms with Gasteiger partial charge in [-0.2, -0.15) is 4.98 Å². The Labute approximate surface area is 249 Å². The minimum Gasteiger partial charge on any atom is -0.394 e. The Kier molecular flexibility index (Phi) is 7.56. The van der Waals surface area contributed by atoms with Gasteiger partial charge < -0.3 is 25.2 Å². The molecule has 218 valence electrons. The molecule has 4 aromatic heterocycles. The molecule has 5 aromatic rings. The molecule has 0 radical (unpaired) electrons. The normalized spacial score (nSPS) is 14.4. The number of amides is 1. The summed E-state index contributed by atoms with van der Waals surface area (Å²) in [4.78, 5) is 33.0. The molecule has 0 saturated heterocycles. The zero-order valence-corrected chi connectivity index (χ0v) is 24.2. The second kappa shape index (κ2) is 11.6. The number of aliphatic hydroxyl groups excluding tert-OH is 1. The predicted molar refractivity (Wildman–Crippen MR) is 163 cm³/mol. The van der Waals surface area contributed by atoms with E-state index in [4.69, 9.17) is 9.51 Å². The van der Waals surface area contributed by atoms with Crippen LogP contribution in [0.4, 0.5) is 17.3 Å². The largest absolute Gasteiger partial charge is 0.394 e. The second-order valence-electron chi connectivity index (χ2n) is 10.8. The third-order valence-electron chi connectivity index (χ3n) is 7.54. The lowest BCUT2D eigenvalue weighted by Gasteiger charge is -2.31. The molecule has 0 fully saturated rings. The van der Waals surface area contributed by atoms with Gasteiger partial charge in [0, 0.05) is 36.8 Å². The summed E-state index contributed by atoms with van der Waals surface area (Å²) in [5.74, 6) is 1.75. The van der Waals surface area contributed by atoms with Crippen molar-refractivity contribution in [2.45, 2.75) is 38.8 Å². The molecule has 1 amide bonds. The lowest BCUT2D eigenvalue weighted by atomic mass is 9.99. The highest BCUT2D eigenvalue weighted by molar-refractivity contribution is 5.99. The fourth-order valence-corrected chi connectivity index (χ4v) is 5.30. The van der Waals surface area contributed by atoms with Gasteiger partial charge in [-0.3, -0.25) is 9.78 Å². The maximum atomic E-state index is 13.0. The first kappa shape index (κ1) is 28.0. The summed E-state index contributed by atoms with van der Waals surface area (Å²) in [6.45, 7) is 6.60. The molecular weight excluding hydrogens is 544 g/mol. The average molecular weight is 577 g/mol. The quantitative estimate of drug-likeness (QED) is 0.193. The van der Waals surface area contributed by atoms with Gasteiger partial charge in [0.25, 0.3) is 11.8 Å². The number of carbonyl (C=O) groups is 1. The number of pyridine rings is 3. The van der Waals surface area contributed by atoms with Crippen LogP contribution in [0.1, 0.15) is 54.8 Å². The Morgan fingerprint density at radius 2 is 1.79 bits per heavy atom. The van der Waals surface area contributed by atoms with Crippen LogP contribution in [0.2, 0.25) is 0 Å². The van der Waals surface area contributed by atoms with Crippen molar-refractivity contribution in [3.8, 4) is 22.8 Å². The van der Waals surface area contributed by atoms with Crippen molar-refractivity contribution >= 4 is 23.2 Å². The Balaban J connectivity index is 1.35. The lowest BCUT2D eigenvalue weighted by Crippen LogP contribution is -2.39. The van der Waals surface area contributed by atoms with E-state index in [-0.39, 0.29) is 18.4 Å². The summed E-state index contributed by atoms with van der Waals surface area (Å²) in [5.41, 5.74) is 3.68. The van der Waals surface area contributed by atoms with Crippen LogP contribution < -0.4 is 10.6 Å². The number of carbonyl (C=O) groups excluding carboxylic acids is 1. The van der Waals surface area contributed by atoms with Crippen molar-refractivity contribution in [2.24, 2.45) is 0 Å². The SMILES string of the molecule is CCCN1C(=O)c2ccc(Nc3cc(N[C@H](CO)c4ccccc4)c(-c4nc(-c5ccncc5)no4)cn3)nc2C1(C)C. The van der Waals surface area contributed by atoms with Crippen molar-refractivity contribution in [1.29, 1.82) is 0 Å². The van der Waals surface area contributed by atoms with Gasteiger partial charge in [-0.1, -0.05) is 42.4 Å². The van der Waals surface area contributed by atoms with Gasteiger partial charge in [-0.25, -0.2) is 9.97 Å². The molecule has 11 nitrogen and oxygen atoms in total. The van der Waals surface area contributed by atoms with E-state index in [9.17, 15) is 9.90 Å². The van der Waals surface area contributed by atoms with Gasteiger partial charge in [-0.05, 0) is 50.1 Å². The van der Waals surface area contributed by atoms with E-state index in [1.54, 1.807) is 36.8 Å². The number of benzene rings is 1. The number of hydrogen-bond donors (Lipinski definition) is 3. The first-order valence-corrected chi connectivity index (χ1v) is 14.2. The molecule has 0 spiro atoms. The zero-order valence-electron chi connectivity index (χ0n) is 24.2. The predicted octanol–water partition coefficient (Wildman–Crippen LogP) is 5.58. The van der Waals surface area contributed by atoms with Crippen molar-refractivity contribution < 1.29 is 14.4 Å². The molecule has 5 heterocycles. The summed E-state index contributed by atoms with van der Waals surface area (Å²) in [5, 5.41) is 21.1. The molecule has 0 aliphatic carbocycles. The Morgan fingerprint density at radius 1 is 1.00 bits per heavy atom. The third kappa shape index (κ3) is 5.42. The standard InChI is InChI=1S/C32H32N8O3/c1-4-16-40-31(42)22-10-11-26(37-28(22)32(40,2)3)36-27-17-24(35-25(19-41)20-8-6-5-7-9-20)23(18-34-27)30-38-29(39-43-30)21-12-14-33-15-13-21/h5-15,17-18,25,41H,4,16,19H2,1-3H3,(H2,34,35,36,37)/t25-/m1/s1. The lowest BCUT2D eigenvalue weighted by molar-refractivity contribution is 0.0615. The molecule has 6 rings (SSSR count). The highest BCUT2D eigenvalue weighted by Gasteiger charge is 2.43. The molecule has 0 saturated carbocycles. The van der Waals surface area contributed by atoms with Crippen LogP contribution in [0.5, 0.6) is 0 Å². The topological polar surface area (TPSA) is 142 Å². The van der Waals surface area contributed by atoms with E-state index in [1.165, 1.54) is 0 Å². The Bertz CT molecular complexity index is 1740. The van der Waals surface area contributed by atoms with Gasteiger partial charge >= 0.3 is 0 Å². The van der Waals surface area contributed by atoms with Crippen LogP contribution in [0.15, 0.2) is 83.8 Å². The monoisotopic (exact) mass is 576 g/mol. The minimum absolute atomic E-state index is 0.00323.